The van der Waals surface area contributed by atoms with Crippen molar-refractivity contribution in [3.8, 4) is 5.75 Å². The fourth-order valence-corrected chi connectivity index (χ4v) is 1.63. The van der Waals surface area contributed by atoms with E-state index in [1.165, 1.54) is 7.11 Å². The fraction of sp³-hybridized carbons (Fsp3) is 0.333. The van der Waals surface area contributed by atoms with Crippen molar-refractivity contribution in [1.82, 2.24) is 0 Å². The Morgan fingerprint density at radius 3 is 2.29 bits per heavy atom. The van der Waals surface area contributed by atoms with E-state index in [9.17, 15) is 4.79 Å². The van der Waals surface area contributed by atoms with Crippen molar-refractivity contribution in [2.75, 3.05) is 13.7 Å². The van der Waals surface area contributed by atoms with Crippen LogP contribution in [0.4, 0.5) is 0 Å². The number of carbonyl (C=O) groups is 1. The van der Waals surface area contributed by atoms with Gasteiger partial charge in [-0.25, -0.2) is 4.79 Å². The Morgan fingerprint density at radius 1 is 1.35 bits per heavy atom. The van der Waals surface area contributed by atoms with Crippen LogP contribution in [0.1, 0.15) is 16.7 Å². The van der Waals surface area contributed by atoms with Crippen molar-refractivity contribution in [1.29, 1.82) is 0 Å². The van der Waals surface area contributed by atoms with Gasteiger partial charge in [0.2, 0.25) is 0 Å². The highest BCUT2D eigenvalue weighted by Crippen LogP contribution is 2.24. The maximum atomic E-state index is 11.0. The number of ether oxygens (including phenoxy) is 2. The topological polar surface area (TPSA) is 61.5 Å². The molecule has 17 heavy (non-hydrogen) atoms. The average Bonchev–Trinajstić information content (AvgIpc) is 2.27. The average molecular weight is 253 g/mol. The lowest BCUT2D eigenvalue weighted by Gasteiger charge is -2.12. The number of thiocarbonyl (C=S) groups is 1. The molecule has 1 aromatic rings. The van der Waals surface area contributed by atoms with E-state index in [4.69, 9.17) is 22.7 Å². The maximum absolute atomic E-state index is 11.0. The zero-order valence-electron chi connectivity index (χ0n) is 10.1. The molecule has 0 saturated heterocycles. The van der Waals surface area contributed by atoms with Gasteiger partial charge in [0, 0.05) is 5.56 Å². The zero-order valence-corrected chi connectivity index (χ0v) is 10.9. The molecule has 2 N–H and O–H groups in total. The van der Waals surface area contributed by atoms with Crippen LogP contribution in [0, 0.1) is 13.8 Å². The van der Waals surface area contributed by atoms with Crippen LogP contribution in [0.25, 0.3) is 0 Å². The molecule has 0 aliphatic rings. The first kappa shape index (κ1) is 13.4. The van der Waals surface area contributed by atoms with Gasteiger partial charge in [-0.05, 0) is 37.1 Å². The van der Waals surface area contributed by atoms with E-state index in [1.54, 1.807) is 0 Å². The fourth-order valence-electron chi connectivity index (χ4n) is 1.51. The molecule has 0 radical (unpaired) electrons. The van der Waals surface area contributed by atoms with Gasteiger partial charge in [0.15, 0.2) is 6.61 Å². The van der Waals surface area contributed by atoms with Crippen LogP contribution in [0.3, 0.4) is 0 Å². The highest BCUT2D eigenvalue weighted by Gasteiger charge is 2.10. The lowest BCUT2D eigenvalue weighted by atomic mass is 10.1. The first-order chi connectivity index (χ1) is 7.95. The molecule has 0 amide bonds. The van der Waals surface area contributed by atoms with E-state index >= 15 is 0 Å². The summed E-state index contributed by atoms with van der Waals surface area (Å²) in [6.07, 6.45) is 0. The van der Waals surface area contributed by atoms with Crippen LogP contribution in [-0.4, -0.2) is 24.7 Å². The van der Waals surface area contributed by atoms with Crippen LogP contribution in [0.15, 0.2) is 12.1 Å². The number of hydrogen-bond acceptors (Lipinski definition) is 4. The molecule has 1 aromatic carbocycles. The second-order valence-electron chi connectivity index (χ2n) is 3.67. The summed E-state index contributed by atoms with van der Waals surface area (Å²) in [4.78, 5) is 11.3. The van der Waals surface area contributed by atoms with E-state index in [0.717, 1.165) is 16.7 Å². The molecule has 5 heteroatoms. The summed E-state index contributed by atoms with van der Waals surface area (Å²) in [5.74, 6) is 0.248. The SMILES string of the molecule is COC(=O)COc1c(C)cc(C(N)=S)cc1C. The third-order valence-electron chi connectivity index (χ3n) is 2.31. The van der Waals surface area contributed by atoms with Crippen molar-refractivity contribution < 1.29 is 14.3 Å². The molecular weight excluding hydrogens is 238 g/mol. The Hall–Kier alpha value is -1.62. The Bertz CT molecular complexity index is 434. The second kappa shape index (κ2) is 5.63. The Morgan fingerprint density at radius 2 is 1.88 bits per heavy atom. The summed E-state index contributed by atoms with van der Waals surface area (Å²) in [6, 6.07) is 3.67. The number of aryl methyl sites for hydroxylation is 2. The number of methoxy groups -OCH3 is 1. The molecule has 0 unspecified atom stereocenters. The molecule has 0 aliphatic heterocycles. The highest BCUT2D eigenvalue weighted by atomic mass is 32.1. The standard InChI is InChI=1S/C12H15NO3S/c1-7-4-9(12(13)17)5-8(2)11(7)16-6-10(14)15-3/h4-5H,6H2,1-3H3,(H2,13,17). The summed E-state index contributed by atoms with van der Waals surface area (Å²) < 4.78 is 9.91. The smallest absolute Gasteiger partial charge is 0.343 e. The molecule has 4 nitrogen and oxygen atoms in total. The molecule has 1 rings (SSSR count). The minimum absolute atomic E-state index is 0.107. The van der Waals surface area contributed by atoms with E-state index in [0.29, 0.717) is 10.7 Å². The van der Waals surface area contributed by atoms with E-state index in [1.807, 2.05) is 26.0 Å². The largest absolute Gasteiger partial charge is 0.481 e. The van der Waals surface area contributed by atoms with E-state index < -0.39 is 5.97 Å². The molecule has 0 spiro atoms. The monoisotopic (exact) mass is 253 g/mol. The van der Waals surface area contributed by atoms with Crippen LogP contribution < -0.4 is 10.5 Å². The van der Waals surface area contributed by atoms with Crippen molar-refractivity contribution in [2.24, 2.45) is 5.73 Å². The molecule has 0 atom stereocenters. The minimum Gasteiger partial charge on any atom is -0.481 e. The third-order valence-corrected chi connectivity index (χ3v) is 2.54. The van der Waals surface area contributed by atoms with Gasteiger partial charge < -0.3 is 15.2 Å². The number of nitrogens with two attached hydrogens (primary N) is 1. The van der Waals surface area contributed by atoms with Crippen LogP contribution in [0.5, 0.6) is 5.75 Å². The number of hydrogen-bond donors (Lipinski definition) is 1. The summed E-state index contributed by atoms with van der Waals surface area (Å²) in [5, 5.41) is 0. The van der Waals surface area contributed by atoms with Gasteiger partial charge in [0.05, 0.1) is 7.11 Å². The number of carbonyl (C=O) groups excluding carboxylic acids is 1. The van der Waals surface area contributed by atoms with Crippen molar-refractivity contribution in [3.63, 3.8) is 0 Å². The van der Waals surface area contributed by atoms with Gasteiger partial charge in [-0.1, -0.05) is 12.2 Å². The summed E-state index contributed by atoms with van der Waals surface area (Å²) >= 11 is 4.91. The first-order valence-corrected chi connectivity index (χ1v) is 5.47. The van der Waals surface area contributed by atoms with Gasteiger partial charge in [-0.15, -0.1) is 0 Å². The van der Waals surface area contributed by atoms with Crippen molar-refractivity contribution in [2.45, 2.75) is 13.8 Å². The lowest BCUT2D eigenvalue weighted by Crippen LogP contribution is -2.15. The van der Waals surface area contributed by atoms with Gasteiger partial charge >= 0.3 is 5.97 Å². The van der Waals surface area contributed by atoms with Crippen molar-refractivity contribution in [3.05, 3.63) is 28.8 Å². The lowest BCUT2D eigenvalue weighted by molar-refractivity contribution is -0.142. The molecule has 0 heterocycles. The third kappa shape index (κ3) is 3.42. The Balaban J connectivity index is 2.94. The summed E-state index contributed by atoms with van der Waals surface area (Å²) in [5.41, 5.74) is 8.13. The predicted octanol–water partition coefficient (Wildman–Crippen LogP) is 1.49. The summed E-state index contributed by atoms with van der Waals surface area (Å²) in [6.45, 7) is 3.65. The minimum atomic E-state index is -0.415. The summed E-state index contributed by atoms with van der Waals surface area (Å²) in [7, 11) is 1.32. The van der Waals surface area contributed by atoms with Crippen LogP contribution in [0.2, 0.25) is 0 Å². The van der Waals surface area contributed by atoms with E-state index in [2.05, 4.69) is 4.74 Å². The van der Waals surface area contributed by atoms with Crippen LogP contribution >= 0.6 is 12.2 Å². The number of esters is 1. The molecular formula is C12H15NO3S. The second-order valence-corrected chi connectivity index (χ2v) is 4.11. The number of rotatable bonds is 4. The van der Waals surface area contributed by atoms with Crippen LogP contribution in [-0.2, 0) is 9.53 Å². The van der Waals surface area contributed by atoms with Gasteiger partial charge in [-0.3, -0.25) is 0 Å². The normalized spacial score (nSPS) is 9.82. The molecule has 92 valence electrons. The molecule has 0 bridgehead atoms. The first-order valence-electron chi connectivity index (χ1n) is 5.06. The maximum Gasteiger partial charge on any atom is 0.343 e. The van der Waals surface area contributed by atoms with E-state index in [-0.39, 0.29) is 6.61 Å². The molecule has 0 fully saturated rings. The Kier molecular flexibility index (Phi) is 4.45. The molecule has 0 aliphatic carbocycles. The quantitative estimate of drug-likeness (QED) is 0.650. The molecule has 0 saturated carbocycles. The van der Waals surface area contributed by atoms with Gasteiger partial charge in [-0.2, -0.15) is 0 Å². The number of benzene rings is 1. The predicted molar refractivity (Wildman–Crippen MR) is 69.3 cm³/mol. The highest BCUT2D eigenvalue weighted by molar-refractivity contribution is 7.80. The molecule has 0 aromatic heterocycles. The Labute approximate surface area is 106 Å². The zero-order chi connectivity index (χ0) is 13.0. The van der Waals surface area contributed by atoms with Gasteiger partial charge in [0.25, 0.3) is 0 Å². The van der Waals surface area contributed by atoms with Crippen molar-refractivity contribution >= 4 is 23.2 Å². The van der Waals surface area contributed by atoms with Gasteiger partial charge in [0.1, 0.15) is 10.7 Å².